The third kappa shape index (κ3) is 3.31. The summed E-state index contributed by atoms with van der Waals surface area (Å²) in [5.41, 5.74) is 1.07. The van der Waals surface area contributed by atoms with E-state index < -0.39 is 17.7 Å². The van der Waals surface area contributed by atoms with Crippen molar-refractivity contribution in [3.8, 4) is 0 Å². The topological polar surface area (TPSA) is 66.8 Å². The molecular weight excluding hydrogens is 340 g/mol. The van der Waals surface area contributed by atoms with E-state index in [1.165, 1.54) is 10.9 Å². The van der Waals surface area contributed by atoms with Crippen LogP contribution in [0.15, 0.2) is 41.5 Å². The van der Waals surface area contributed by atoms with Gasteiger partial charge < -0.3 is 9.88 Å². The van der Waals surface area contributed by atoms with E-state index in [0.29, 0.717) is 12.5 Å². The van der Waals surface area contributed by atoms with Crippen LogP contribution in [0.2, 0.25) is 0 Å². The number of fused-ring (bicyclic) bond motifs is 1. The minimum absolute atomic E-state index is 0.313. The molecule has 1 aliphatic heterocycles. The minimum atomic E-state index is -2.72. The Kier molecular flexibility index (Phi) is 4.40. The number of nitrogens with zero attached hydrogens (tertiary/aromatic N) is 4. The quantitative estimate of drug-likeness (QED) is 0.778. The van der Waals surface area contributed by atoms with E-state index in [4.69, 9.17) is 0 Å². The van der Waals surface area contributed by atoms with Gasteiger partial charge >= 0.3 is 0 Å². The maximum absolute atomic E-state index is 12.6. The second-order valence-electron chi connectivity index (χ2n) is 6.61. The summed E-state index contributed by atoms with van der Waals surface area (Å²) in [6.45, 7) is 2.17. The molecule has 8 heteroatoms. The smallest absolute Gasteiger partial charge is 0.280 e. The molecule has 0 spiro atoms. The first-order valence-corrected chi connectivity index (χ1v) is 8.64. The lowest BCUT2D eigenvalue weighted by molar-refractivity contribution is 0.145. The van der Waals surface area contributed by atoms with Gasteiger partial charge in [-0.3, -0.25) is 9.36 Å². The van der Waals surface area contributed by atoms with Crippen molar-refractivity contribution in [2.75, 3.05) is 18.0 Å². The molecule has 0 atom stereocenters. The molecule has 1 fully saturated rings. The van der Waals surface area contributed by atoms with Gasteiger partial charge in [-0.2, -0.15) is 0 Å². The van der Waals surface area contributed by atoms with Crippen molar-refractivity contribution in [1.82, 2.24) is 19.5 Å². The Bertz CT molecular complexity index is 926. The summed E-state index contributed by atoms with van der Waals surface area (Å²) < 4.78 is 26.6. The van der Waals surface area contributed by atoms with Crippen LogP contribution < -0.4 is 10.5 Å². The lowest BCUT2D eigenvalue weighted by Crippen LogP contribution is -2.37. The van der Waals surface area contributed by atoms with Crippen molar-refractivity contribution in [3.05, 3.63) is 52.7 Å². The predicted octanol–water partition coefficient (Wildman–Crippen LogP) is 2.97. The zero-order valence-corrected chi connectivity index (χ0v) is 14.1. The Morgan fingerprint density at radius 1 is 1.23 bits per heavy atom. The van der Waals surface area contributed by atoms with Crippen LogP contribution in [-0.2, 0) is 6.54 Å². The van der Waals surface area contributed by atoms with Gasteiger partial charge in [0.25, 0.3) is 12.0 Å². The van der Waals surface area contributed by atoms with Crippen LogP contribution in [0.4, 0.5) is 14.7 Å². The highest BCUT2D eigenvalue weighted by Gasteiger charge is 2.22. The summed E-state index contributed by atoms with van der Waals surface area (Å²) in [6, 6.07) is 8.84. The number of piperidine rings is 1. The number of aromatic nitrogens is 4. The fourth-order valence-corrected chi connectivity index (χ4v) is 3.39. The van der Waals surface area contributed by atoms with Gasteiger partial charge in [0.1, 0.15) is 5.69 Å². The second-order valence-corrected chi connectivity index (χ2v) is 6.61. The molecule has 0 saturated carbocycles. The molecular formula is C18H19F2N5O. The predicted molar refractivity (Wildman–Crippen MR) is 94.5 cm³/mol. The van der Waals surface area contributed by atoms with E-state index >= 15 is 0 Å². The lowest BCUT2D eigenvalue weighted by Gasteiger charge is -2.31. The fourth-order valence-electron chi connectivity index (χ4n) is 3.39. The van der Waals surface area contributed by atoms with Crippen LogP contribution in [-0.4, -0.2) is 32.6 Å². The van der Waals surface area contributed by atoms with Gasteiger partial charge in [0.15, 0.2) is 0 Å². The first-order valence-electron chi connectivity index (χ1n) is 8.64. The summed E-state index contributed by atoms with van der Waals surface area (Å²) in [7, 11) is 0. The molecule has 4 rings (SSSR count). The number of hydrogen-bond acceptors (Lipinski definition) is 4. The SMILES string of the molecule is O=c1cc(C(F)F)ncn1CC1CCN(c2nc3ccccc3[nH]2)CC1. The van der Waals surface area contributed by atoms with Gasteiger partial charge in [-0.05, 0) is 30.9 Å². The van der Waals surface area contributed by atoms with E-state index in [9.17, 15) is 13.6 Å². The molecule has 0 aliphatic carbocycles. The van der Waals surface area contributed by atoms with Gasteiger partial charge in [0, 0.05) is 25.7 Å². The van der Waals surface area contributed by atoms with Gasteiger partial charge in [-0.15, -0.1) is 0 Å². The number of anilines is 1. The molecule has 6 nitrogen and oxygen atoms in total. The molecule has 1 aliphatic rings. The number of alkyl halides is 2. The fraction of sp³-hybridized carbons (Fsp3) is 0.389. The zero-order chi connectivity index (χ0) is 18.1. The van der Waals surface area contributed by atoms with Gasteiger partial charge in [-0.1, -0.05) is 12.1 Å². The van der Waals surface area contributed by atoms with E-state index in [-0.39, 0.29) is 0 Å². The minimum Gasteiger partial charge on any atom is -0.342 e. The van der Waals surface area contributed by atoms with Crippen molar-refractivity contribution >= 4 is 17.0 Å². The van der Waals surface area contributed by atoms with Crippen molar-refractivity contribution in [2.45, 2.75) is 25.8 Å². The standard InChI is InChI=1S/C18H19F2N5O/c19-17(20)15-9-16(26)25(11-21-15)10-12-5-7-24(8-6-12)18-22-13-3-1-2-4-14(13)23-18/h1-4,9,11-12,17H,5-8,10H2,(H,22,23). The van der Waals surface area contributed by atoms with Crippen LogP contribution in [0.1, 0.15) is 25.0 Å². The number of benzene rings is 1. The largest absolute Gasteiger partial charge is 0.342 e. The number of H-pyrrole nitrogens is 1. The highest BCUT2D eigenvalue weighted by atomic mass is 19.3. The first kappa shape index (κ1) is 16.7. The third-order valence-corrected chi connectivity index (χ3v) is 4.87. The summed E-state index contributed by atoms with van der Waals surface area (Å²) in [5, 5.41) is 0. The van der Waals surface area contributed by atoms with E-state index in [1.807, 2.05) is 24.3 Å². The molecule has 2 aromatic heterocycles. The maximum Gasteiger partial charge on any atom is 0.280 e. The van der Waals surface area contributed by atoms with Crippen LogP contribution in [0.5, 0.6) is 0 Å². The molecule has 3 aromatic rings. The number of halogens is 2. The molecule has 136 valence electrons. The maximum atomic E-state index is 12.6. The Morgan fingerprint density at radius 3 is 2.69 bits per heavy atom. The van der Waals surface area contributed by atoms with Gasteiger partial charge in [0.2, 0.25) is 5.95 Å². The van der Waals surface area contributed by atoms with Crippen molar-refractivity contribution in [2.24, 2.45) is 5.92 Å². The Balaban J connectivity index is 1.40. The molecule has 1 saturated heterocycles. The summed E-state index contributed by atoms with van der Waals surface area (Å²) in [5.74, 6) is 1.18. The van der Waals surface area contributed by atoms with Crippen LogP contribution >= 0.6 is 0 Å². The zero-order valence-electron chi connectivity index (χ0n) is 14.1. The molecule has 1 aromatic carbocycles. The van der Waals surface area contributed by atoms with Gasteiger partial charge in [-0.25, -0.2) is 18.7 Å². The lowest BCUT2D eigenvalue weighted by atomic mass is 9.97. The molecule has 0 bridgehead atoms. The second kappa shape index (κ2) is 6.86. The highest BCUT2D eigenvalue weighted by molar-refractivity contribution is 5.77. The van der Waals surface area contributed by atoms with Crippen molar-refractivity contribution in [3.63, 3.8) is 0 Å². The Morgan fingerprint density at radius 2 is 2.00 bits per heavy atom. The monoisotopic (exact) mass is 359 g/mol. The number of aromatic amines is 1. The summed E-state index contributed by atoms with van der Waals surface area (Å²) >= 11 is 0. The van der Waals surface area contributed by atoms with E-state index in [1.54, 1.807) is 0 Å². The molecule has 26 heavy (non-hydrogen) atoms. The van der Waals surface area contributed by atoms with E-state index in [2.05, 4.69) is 19.9 Å². The average molecular weight is 359 g/mol. The Labute approximate surface area is 148 Å². The molecule has 1 N–H and O–H groups in total. The number of hydrogen-bond donors (Lipinski definition) is 1. The Hall–Kier alpha value is -2.77. The third-order valence-electron chi connectivity index (χ3n) is 4.87. The summed E-state index contributed by atoms with van der Waals surface area (Å²) in [4.78, 5) is 25.8. The number of para-hydroxylation sites is 2. The summed E-state index contributed by atoms with van der Waals surface area (Å²) in [6.07, 6.45) is 0.319. The van der Waals surface area contributed by atoms with Crippen LogP contribution in [0.3, 0.4) is 0 Å². The van der Waals surface area contributed by atoms with Crippen LogP contribution in [0.25, 0.3) is 11.0 Å². The average Bonchev–Trinajstić information content (AvgIpc) is 3.08. The first-order chi connectivity index (χ1) is 12.6. The van der Waals surface area contributed by atoms with E-state index in [0.717, 1.165) is 49.0 Å². The highest BCUT2D eigenvalue weighted by Crippen LogP contribution is 2.24. The normalized spacial score (nSPS) is 15.9. The van der Waals surface area contributed by atoms with Crippen molar-refractivity contribution in [1.29, 1.82) is 0 Å². The molecule has 3 heterocycles. The molecule has 0 unspecified atom stereocenters. The van der Waals surface area contributed by atoms with Crippen LogP contribution in [0, 0.1) is 5.92 Å². The molecule has 0 radical (unpaired) electrons. The molecule has 0 amide bonds. The number of imidazole rings is 1. The van der Waals surface area contributed by atoms with Gasteiger partial charge in [0.05, 0.1) is 17.4 Å². The van der Waals surface area contributed by atoms with Crippen molar-refractivity contribution < 1.29 is 8.78 Å². The number of rotatable bonds is 4. The number of nitrogens with one attached hydrogen (secondary N) is 1.